The standard InChI is InChI=1S/C27H30N6O4/c1-30(2)26(35)31-14-12-27(36,13-15-31)18-32-19-28-24-23(25(32)34)16-29-33(24)21-8-10-22(11-9-21)37-17-20-6-4-3-5-7-20/h3-11,16,19,36H,12-15,17-18H2,1-2H3. The summed E-state index contributed by atoms with van der Waals surface area (Å²) in [6.45, 7) is 1.45. The molecule has 5 rings (SSSR count). The summed E-state index contributed by atoms with van der Waals surface area (Å²) in [6, 6.07) is 17.3. The van der Waals surface area contributed by atoms with Crippen molar-refractivity contribution in [2.24, 2.45) is 0 Å². The third-order valence-corrected chi connectivity index (χ3v) is 6.70. The van der Waals surface area contributed by atoms with Gasteiger partial charge in [-0.2, -0.15) is 5.10 Å². The van der Waals surface area contributed by atoms with E-state index in [1.807, 2.05) is 54.6 Å². The van der Waals surface area contributed by atoms with Crippen molar-refractivity contribution in [3.05, 3.63) is 83.0 Å². The third-order valence-electron chi connectivity index (χ3n) is 6.70. The van der Waals surface area contributed by atoms with E-state index in [9.17, 15) is 14.7 Å². The molecule has 10 nitrogen and oxygen atoms in total. The number of urea groups is 1. The fraction of sp³-hybridized carbons (Fsp3) is 0.333. The van der Waals surface area contributed by atoms with Crippen molar-refractivity contribution in [2.75, 3.05) is 27.2 Å². The first kappa shape index (κ1) is 24.5. The van der Waals surface area contributed by atoms with Crippen LogP contribution in [0.15, 0.2) is 71.9 Å². The summed E-state index contributed by atoms with van der Waals surface area (Å²) in [6.07, 6.45) is 3.73. The monoisotopic (exact) mass is 502 g/mol. The molecular formula is C27H30N6O4. The number of rotatable bonds is 6. The van der Waals surface area contributed by atoms with Gasteiger partial charge in [-0.3, -0.25) is 9.36 Å². The van der Waals surface area contributed by atoms with Crippen LogP contribution in [0.3, 0.4) is 0 Å². The number of fused-ring (bicyclic) bond motifs is 1. The lowest BCUT2D eigenvalue weighted by Gasteiger charge is -2.39. The van der Waals surface area contributed by atoms with Crippen molar-refractivity contribution >= 4 is 17.1 Å². The summed E-state index contributed by atoms with van der Waals surface area (Å²) in [5.74, 6) is 0.728. The number of carbonyl (C=O) groups excluding carboxylic acids is 1. The molecule has 0 unspecified atom stereocenters. The zero-order chi connectivity index (χ0) is 26.0. The third kappa shape index (κ3) is 5.19. The number of piperidine rings is 1. The van der Waals surface area contributed by atoms with Crippen molar-refractivity contribution in [2.45, 2.75) is 31.6 Å². The molecule has 1 N–H and O–H groups in total. The maximum Gasteiger partial charge on any atom is 0.319 e. The fourth-order valence-electron chi connectivity index (χ4n) is 4.55. The number of benzene rings is 2. The molecule has 3 heterocycles. The van der Waals surface area contributed by atoms with Crippen molar-refractivity contribution in [3.63, 3.8) is 0 Å². The van der Waals surface area contributed by atoms with Gasteiger partial charge >= 0.3 is 6.03 Å². The number of amides is 2. The minimum Gasteiger partial charge on any atom is -0.489 e. The van der Waals surface area contributed by atoms with E-state index in [-0.39, 0.29) is 18.1 Å². The maximum atomic E-state index is 13.2. The average molecular weight is 503 g/mol. The Labute approximate surface area is 214 Å². The molecule has 0 saturated carbocycles. The number of hydrogen-bond acceptors (Lipinski definition) is 6. The molecule has 2 aromatic carbocycles. The van der Waals surface area contributed by atoms with Gasteiger partial charge in [0, 0.05) is 27.2 Å². The lowest BCUT2D eigenvalue weighted by Crippen LogP contribution is -2.51. The maximum absolute atomic E-state index is 13.2. The van der Waals surface area contributed by atoms with E-state index < -0.39 is 5.60 Å². The lowest BCUT2D eigenvalue weighted by atomic mass is 9.91. The SMILES string of the molecule is CN(C)C(=O)N1CCC(O)(Cn2cnc3c(cnn3-c3ccc(OCc4ccccc4)cc3)c2=O)CC1. The molecular weight excluding hydrogens is 472 g/mol. The molecule has 0 aliphatic carbocycles. The Hall–Kier alpha value is -4.18. The van der Waals surface area contributed by atoms with Crippen molar-refractivity contribution in [3.8, 4) is 11.4 Å². The van der Waals surface area contributed by atoms with Gasteiger partial charge in [-0.1, -0.05) is 30.3 Å². The van der Waals surface area contributed by atoms with Crippen LogP contribution in [-0.2, 0) is 13.2 Å². The molecule has 1 aliphatic heterocycles. The van der Waals surface area contributed by atoms with E-state index in [4.69, 9.17) is 4.74 Å². The summed E-state index contributed by atoms with van der Waals surface area (Å²) >= 11 is 0. The zero-order valence-corrected chi connectivity index (χ0v) is 20.9. The van der Waals surface area contributed by atoms with Gasteiger partial charge in [-0.05, 0) is 42.7 Å². The van der Waals surface area contributed by atoms with Gasteiger partial charge in [0.2, 0.25) is 0 Å². The fourth-order valence-corrected chi connectivity index (χ4v) is 4.55. The topological polar surface area (TPSA) is 106 Å². The minimum absolute atomic E-state index is 0.0782. The average Bonchev–Trinajstić information content (AvgIpc) is 3.35. The highest BCUT2D eigenvalue weighted by Gasteiger charge is 2.35. The van der Waals surface area contributed by atoms with Crippen LogP contribution in [0, 0.1) is 0 Å². The Kier molecular flexibility index (Phi) is 6.66. The summed E-state index contributed by atoms with van der Waals surface area (Å²) in [7, 11) is 3.41. The minimum atomic E-state index is -1.09. The largest absolute Gasteiger partial charge is 0.489 e. The van der Waals surface area contributed by atoms with Crippen LogP contribution in [0.5, 0.6) is 5.75 Å². The number of nitrogens with zero attached hydrogens (tertiary/aromatic N) is 6. The molecule has 0 bridgehead atoms. The Balaban J connectivity index is 1.29. The first-order valence-corrected chi connectivity index (χ1v) is 12.2. The Morgan fingerprint density at radius 3 is 2.46 bits per heavy atom. The Morgan fingerprint density at radius 1 is 1.08 bits per heavy atom. The molecule has 2 amide bonds. The number of aromatic nitrogens is 4. The van der Waals surface area contributed by atoms with E-state index in [2.05, 4.69) is 10.1 Å². The lowest BCUT2D eigenvalue weighted by molar-refractivity contribution is -0.0282. The van der Waals surface area contributed by atoms with E-state index >= 15 is 0 Å². The number of likely N-dealkylation sites (tertiary alicyclic amines) is 1. The highest BCUT2D eigenvalue weighted by Crippen LogP contribution is 2.25. The van der Waals surface area contributed by atoms with Crippen LogP contribution >= 0.6 is 0 Å². The van der Waals surface area contributed by atoms with Crippen LogP contribution in [0.4, 0.5) is 4.79 Å². The normalized spacial score (nSPS) is 15.1. The first-order chi connectivity index (χ1) is 17.8. The Morgan fingerprint density at radius 2 is 1.78 bits per heavy atom. The van der Waals surface area contributed by atoms with Crippen LogP contribution in [0.2, 0.25) is 0 Å². The number of hydrogen-bond donors (Lipinski definition) is 1. The molecule has 10 heteroatoms. The molecule has 1 aliphatic rings. The van der Waals surface area contributed by atoms with Gasteiger partial charge in [0.15, 0.2) is 5.65 Å². The summed E-state index contributed by atoms with van der Waals surface area (Å²) < 4.78 is 8.90. The molecule has 1 saturated heterocycles. The Bertz CT molecular complexity index is 1440. The predicted octanol–water partition coefficient (Wildman–Crippen LogP) is 2.67. The first-order valence-electron chi connectivity index (χ1n) is 12.2. The highest BCUT2D eigenvalue weighted by molar-refractivity contribution is 5.75. The number of aliphatic hydroxyl groups is 1. The highest BCUT2D eigenvalue weighted by atomic mass is 16.5. The summed E-state index contributed by atoms with van der Waals surface area (Å²) in [4.78, 5) is 33.1. The van der Waals surface area contributed by atoms with Crippen LogP contribution in [-0.4, -0.2) is 73.1 Å². The number of carbonyl (C=O) groups is 1. The number of ether oxygens (including phenoxy) is 1. The second kappa shape index (κ2) is 10.1. The van der Waals surface area contributed by atoms with Crippen molar-refractivity contribution in [1.82, 2.24) is 29.1 Å². The summed E-state index contributed by atoms with van der Waals surface area (Å²) in [5, 5.41) is 15.9. The van der Waals surface area contributed by atoms with Gasteiger partial charge < -0.3 is 19.6 Å². The van der Waals surface area contributed by atoms with E-state index in [0.29, 0.717) is 43.6 Å². The molecule has 4 aromatic rings. The molecule has 37 heavy (non-hydrogen) atoms. The van der Waals surface area contributed by atoms with Crippen LogP contribution in [0.1, 0.15) is 18.4 Å². The molecule has 192 valence electrons. The smallest absolute Gasteiger partial charge is 0.319 e. The second-order valence-corrected chi connectivity index (χ2v) is 9.63. The van der Waals surface area contributed by atoms with Gasteiger partial charge in [0.1, 0.15) is 24.1 Å². The van der Waals surface area contributed by atoms with Gasteiger partial charge in [0.25, 0.3) is 5.56 Å². The van der Waals surface area contributed by atoms with Gasteiger partial charge in [0.05, 0.1) is 24.0 Å². The molecule has 0 spiro atoms. The van der Waals surface area contributed by atoms with Crippen LogP contribution in [0.25, 0.3) is 16.7 Å². The zero-order valence-electron chi connectivity index (χ0n) is 20.9. The molecule has 0 atom stereocenters. The van der Waals surface area contributed by atoms with Gasteiger partial charge in [-0.25, -0.2) is 14.5 Å². The van der Waals surface area contributed by atoms with Gasteiger partial charge in [-0.15, -0.1) is 0 Å². The molecule has 2 aromatic heterocycles. The molecule has 0 radical (unpaired) electrons. The summed E-state index contributed by atoms with van der Waals surface area (Å²) in [5.41, 5.74) is 0.927. The predicted molar refractivity (Wildman–Crippen MR) is 139 cm³/mol. The van der Waals surface area contributed by atoms with Crippen LogP contribution < -0.4 is 10.3 Å². The molecule has 1 fully saturated rings. The van der Waals surface area contributed by atoms with E-state index in [1.54, 1.807) is 23.7 Å². The second-order valence-electron chi connectivity index (χ2n) is 9.63. The van der Waals surface area contributed by atoms with Crippen molar-refractivity contribution in [1.29, 1.82) is 0 Å². The quantitative estimate of drug-likeness (QED) is 0.435. The van der Waals surface area contributed by atoms with Crippen molar-refractivity contribution < 1.29 is 14.6 Å². The van der Waals surface area contributed by atoms with E-state index in [0.717, 1.165) is 17.0 Å². The van der Waals surface area contributed by atoms with E-state index in [1.165, 1.54) is 22.0 Å².